The lowest BCUT2D eigenvalue weighted by Gasteiger charge is -2.32. The normalized spacial score (nSPS) is 19.8. The van der Waals surface area contributed by atoms with Gasteiger partial charge in [0.05, 0.1) is 0 Å². The molecule has 2 heterocycles. The summed E-state index contributed by atoms with van der Waals surface area (Å²) in [5, 5.41) is 5.07. The number of nitrogens with zero attached hydrogens (tertiary/aromatic N) is 4. The summed E-state index contributed by atoms with van der Waals surface area (Å²) in [5.41, 5.74) is 0.579. The summed E-state index contributed by atoms with van der Waals surface area (Å²) in [4.78, 5) is 14.8. The molecule has 27 heavy (non-hydrogen) atoms. The second kappa shape index (κ2) is 7.76. The van der Waals surface area contributed by atoms with Crippen LogP contribution in [0.3, 0.4) is 0 Å². The second-order valence-corrected chi connectivity index (χ2v) is 8.23. The summed E-state index contributed by atoms with van der Waals surface area (Å²) in [7, 11) is 1.74. The van der Waals surface area contributed by atoms with E-state index in [2.05, 4.69) is 10.00 Å². The summed E-state index contributed by atoms with van der Waals surface area (Å²) >= 11 is 6.17. The third-order valence-electron chi connectivity index (χ3n) is 6.07. The lowest BCUT2D eigenvalue weighted by molar-refractivity contribution is 0.196. The maximum absolute atomic E-state index is 14.1. The number of likely N-dealkylation sites (tertiary alicyclic amines) is 1. The Morgan fingerprint density at radius 3 is 2.56 bits per heavy atom. The second-order valence-electron chi connectivity index (χ2n) is 7.82. The summed E-state index contributed by atoms with van der Waals surface area (Å²) in [6.07, 6.45) is 6.37. The van der Waals surface area contributed by atoms with Crippen LogP contribution in [0.5, 0.6) is 0 Å². The SMILES string of the molecule is Cn1nc(C2CCN(Cc3c(F)cccc3Cl)CC2)n(C2CCCC2)c1=O. The highest BCUT2D eigenvalue weighted by molar-refractivity contribution is 6.31. The van der Waals surface area contributed by atoms with Gasteiger partial charge in [0, 0.05) is 36.1 Å². The first-order valence-corrected chi connectivity index (χ1v) is 10.2. The maximum Gasteiger partial charge on any atom is 0.345 e. The number of benzene rings is 1. The van der Waals surface area contributed by atoms with Crippen molar-refractivity contribution in [3.8, 4) is 0 Å². The van der Waals surface area contributed by atoms with Crippen molar-refractivity contribution < 1.29 is 4.39 Å². The molecule has 7 heteroatoms. The predicted molar refractivity (Wildman–Crippen MR) is 104 cm³/mol. The zero-order valence-electron chi connectivity index (χ0n) is 15.7. The van der Waals surface area contributed by atoms with Gasteiger partial charge in [-0.1, -0.05) is 30.5 Å². The van der Waals surface area contributed by atoms with Crippen LogP contribution in [0, 0.1) is 5.82 Å². The molecule has 1 saturated carbocycles. The molecule has 4 rings (SSSR count). The Kier molecular flexibility index (Phi) is 5.37. The molecule has 0 bridgehead atoms. The minimum Gasteiger partial charge on any atom is -0.299 e. The fourth-order valence-electron chi connectivity index (χ4n) is 4.54. The number of hydrogen-bond acceptors (Lipinski definition) is 3. The molecule has 1 aromatic carbocycles. The van der Waals surface area contributed by atoms with Crippen LogP contribution in [0.2, 0.25) is 5.02 Å². The molecule has 2 aliphatic rings. The summed E-state index contributed by atoms with van der Waals surface area (Å²) in [6, 6.07) is 5.14. The molecule has 0 spiro atoms. The van der Waals surface area contributed by atoms with Gasteiger partial charge in [0.25, 0.3) is 0 Å². The lowest BCUT2D eigenvalue weighted by atomic mass is 9.95. The number of aromatic nitrogens is 3. The molecule has 1 aliphatic heterocycles. The van der Waals surface area contributed by atoms with Crippen molar-refractivity contribution in [2.75, 3.05) is 13.1 Å². The van der Waals surface area contributed by atoms with Crippen LogP contribution in [0.25, 0.3) is 0 Å². The molecule has 1 aliphatic carbocycles. The Hall–Kier alpha value is -1.66. The smallest absolute Gasteiger partial charge is 0.299 e. The van der Waals surface area contributed by atoms with Gasteiger partial charge in [-0.05, 0) is 50.9 Å². The molecule has 2 fully saturated rings. The topological polar surface area (TPSA) is 43.1 Å². The van der Waals surface area contributed by atoms with E-state index in [1.807, 2.05) is 4.57 Å². The Balaban J connectivity index is 1.47. The van der Waals surface area contributed by atoms with E-state index < -0.39 is 0 Å². The van der Waals surface area contributed by atoms with Crippen molar-refractivity contribution in [1.82, 2.24) is 19.2 Å². The zero-order valence-corrected chi connectivity index (χ0v) is 16.5. The number of halogens is 2. The van der Waals surface area contributed by atoms with Crippen LogP contribution in [-0.4, -0.2) is 32.3 Å². The van der Waals surface area contributed by atoms with Gasteiger partial charge < -0.3 is 0 Å². The first-order chi connectivity index (χ1) is 13.0. The zero-order chi connectivity index (χ0) is 19.0. The van der Waals surface area contributed by atoms with Gasteiger partial charge in [-0.25, -0.2) is 13.9 Å². The predicted octanol–water partition coefficient (Wildman–Crippen LogP) is 3.87. The average molecular weight is 393 g/mol. The largest absolute Gasteiger partial charge is 0.345 e. The van der Waals surface area contributed by atoms with Gasteiger partial charge in [0.15, 0.2) is 0 Å². The van der Waals surface area contributed by atoms with E-state index in [-0.39, 0.29) is 17.4 Å². The van der Waals surface area contributed by atoms with Gasteiger partial charge in [-0.3, -0.25) is 9.47 Å². The van der Waals surface area contributed by atoms with Gasteiger partial charge in [-0.2, -0.15) is 5.10 Å². The van der Waals surface area contributed by atoms with Crippen LogP contribution in [-0.2, 0) is 13.6 Å². The quantitative estimate of drug-likeness (QED) is 0.793. The van der Waals surface area contributed by atoms with Gasteiger partial charge >= 0.3 is 5.69 Å². The molecule has 5 nitrogen and oxygen atoms in total. The summed E-state index contributed by atoms with van der Waals surface area (Å²) < 4.78 is 17.5. The number of piperidine rings is 1. The van der Waals surface area contributed by atoms with E-state index in [9.17, 15) is 9.18 Å². The van der Waals surface area contributed by atoms with Crippen molar-refractivity contribution >= 4 is 11.6 Å². The Labute approximate surface area is 163 Å². The molecular weight excluding hydrogens is 367 g/mol. The monoisotopic (exact) mass is 392 g/mol. The fourth-order valence-corrected chi connectivity index (χ4v) is 4.76. The fraction of sp³-hybridized carbons (Fsp3) is 0.600. The highest BCUT2D eigenvalue weighted by Gasteiger charge is 2.30. The molecular formula is C20H26ClFN4O. The molecule has 0 amide bonds. The molecule has 0 unspecified atom stereocenters. The Bertz CT molecular complexity index is 843. The van der Waals surface area contributed by atoms with Crippen molar-refractivity contribution in [1.29, 1.82) is 0 Å². The average Bonchev–Trinajstić information content (AvgIpc) is 3.28. The maximum atomic E-state index is 14.1. The Morgan fingerprint density at radius 1 is 1.19 bits per heavy atom. The molecule has 1 saturated heterocycles. The van der Waals surface area contributed by atoms with Gasteiger partial charge in [0.2, 0.25) is 0 Å². The molecule has 0 N–H and O–H groups in total. The van der Waals surface area contributed by atoms with E-state index in [0.717, 1.165) is 44.6 Å². The third-order valence-corrected chi connectivity index (χ3v) is 6.42. The van der Waals surface area contributed by atoms with Crippen molar-refractivity contribution in [3.63, 3.8) is 0 Å². The minimum atomic E-state index is -0.246. The lowest BCUT2D eigenvalue weighted by Crippen LogP contribution is -2.34. The number of aryl methyl sites for hydroxylation is 1. The molecule has 146 valence electrons. The van der Waals surface area contributed by atoms with Crippen LogP contribution >= 0.6 is 11.6 Å². The first kappa shape index (κ1) is 18.7. The third kappa shape index (κ3) is 3.69. The van der Waals surface area contributed by atoms with E-state index in [1.54, 1.807) is 19.2 Å². The van der Waals surface area contributed by atoms with Crippen LogP contribution in [0.15, 0.2) is 23.0 Å². The molecule has 2 aromatic rings. The van der Waals surface area contributed by atoms with E-state index in [4.69, 9.17) is 11.6 Å². The van der Waals surface area contributed by atoms with Crippen LogP contribution in [0.4, 0.5) is 4.39 Å². The number of rotatable bonds is 4. The standard InChI is InChI=1S/C20H26ClFN4O/c1-24-20(27)26(15-5-2-3-6-15)19(23-24)14-9-11-25(12-10-14)13-16-17(21)7-4-8-18(16)22/h4,7-8,14-15H,2-3,5-6,9-13H2,1H3. The van der Waals surface area contributed by atoms with Crippen molar-refractivity contribution in [3.05, 3.63) is 50.9 Å². The highest BCUT2D eigenvalue weighted by Crippen LogP contribution is 2.34. The summed E-state index contributed by atoms with van der Waals surface area (Å²) in [5.74, 6) is 0.981. The highest BCUT2D eigenvalue weighted by atomic mass is 35.5. The first-order valence-electron chi connectivity index (χ1n) is 9.85. The minimum absolute atomic E-state index is 0.0115. The molecule has 1 aromatic heterocycles. The van der Waals surface area contributed by atoms with E-state index >= 15 is 0 Å². The van der Waals surface area contributed by atoms with Gasteiger partial charge in [-0.15, -0.1) is 0 Å². The number of hydrogen-bond donors (Lipinski definition) is 0. The van der Waals surface area contributed by atoms with Crippen molar-refractivity contribution in [2.24, 2.45) is 7.05 Å². The van der Waals surface area contributed by atoms with Crippen LogP contribution < -0.4 is 5.69 Å². The summed E-state index contributed by atoms with van der Waals surface area (Å²) in [6.45, 7) is 2.23. The van der Waals surface area contributed by atoms with Gasteiger partial charge in [0.1, 0.15) is 11.6 Å². The molecule has 0 atom stereocenters. The van der Waals surface area contributed by atoms with E-state index in [1.165, 1.54) is 23.6 Å². The van der Waals surface area contributed by atoms with Crippen molar-refractivity contribution in [2.45, 2.75) is 57.0 Å². The Morgan fingerprint density at radius 2 is 1.89 bits per heavy atom. The molecule has 0 radical (unpaired) electrons. The van der Waals surface area contributed by atoms with E-state index in [0.29, 0.717) is 23.2 Å². The van der Waals surface area contributed by atoms with Crippen LogP contribution in [0.1, 0.15) is 61.9 Å².